The fourth-order valence-corrected chi connectivity index (χ4v) is 2.16. The Hall–Kier alpha value is -2.68. The third kappa shape index (κ3) is 3.70. The summed E-state index contributed by atoms with van der Waals surface area (Å²) in [7, 11) is 0. The summed E-state index contributed by atoms with van der Waals surface area (Å²) >= 11 is 1.44. The Morgan fingerprint density at radius 1 is 1.45 bits per heavy atom. The van der Waals surface area contributed by atoms with Crippen molar-refractivity contribution < 1.29 is 9.72 Å². The lowest BCUT2D eigenvalue weighted by Gasteiger charge is -2.06. The van der Waals surface area contributed by atoms with Gasteiger partial charge in [-0.15, -0.1) is 0 Å². The van der Waals surface area contributed by atoms with E-state index in [2.05, 4.69) is 15.3 Å². The standard InChI is InChI=1S/C13H12N4O4S/c1-22-7-11-14-9(6-12(18)16-11)13(19)15-8-4-2-3-5-10(8)17(20)21/h2-6H,7H2,1H3,(H,15,19)(H,14,16,18). The third-order valence-corrected chi connectivity index (χ3v) is 3.22. The summed E-state index contributed by atoms with van der Waals surface area (Å²) < 4.78 is 0. The topological polar surface area (TPSA) is 118 Å². The molecule has 0 saturated heterocycles. The predicted molar refractivity (Wildman–Crippen MR) is 83.1 cm³/mol. The van der Waals surface area contributed by atoms with Crippen molar-refractivity contribution in [3.63, 3.8) is 0 Å². The van der Waals surface area contributed by atoms with Gasteiger partial charge in [0.2, 0.25) is 0 Å². The number of nitrogens with zero attached hydrogens (tertiary/aromatic N) is 2. The van der Waals surface area contributed by atoms with Crippen LogP contribution in [0.15, 0.2) is 35.1 Å². The molecule has 1 aromatic heterocycles. The van der Waals surface area contributed by atoms with Crippen LogP contribution < -0.4 is 10.9 Å². The number of hydrogen-bond donors (Lipinski definition) is 2. The summed E-state index contributed by atoms with van der Waals surface area (Å²) in [4.78, 5) is 40.5. The Labute approximate surface area is 129 Å². The monoisotopic (exact) mass is 320 g/mol. The second-order valence-corrected chi connectivity index (χ2v) is 5.10. The third-order valence-electron chi connectivity index (χ3n) is 2.65. The first kappa shape index (κ1) is 15.7. The number of aromatic amines is 1. The molecule has 0 atom stereocenters. The number of carbonyl (C=O) groups is 1. The Balaban J connectivity index is 2.30. The van der Waals surface area contributed by atoms with Crippen LogP contribution in [0.4, 0.5) is 11.4 Å². The van der Waals surface area contributed by atoms with E-state index in [0.717, 1.165) is 6.07 Å². The Morgan fingerprint density at radius 2 is 2.18 bits per heavy atom. The fraction of sp³-hybridized carbons (Fsp3) is 0.154. The number of carbonyl (C=O) groups excluding carboxylic acids is 1. The van der Waals surface area contributed by atoms with Crippen molar-refractivity contribution in [2.75, 3.05) is 11.6 Å². The van der Waals surface area contributed by atoms with Crippen LogP contribution in [-0.2, 0) is 5.75 Å². The quantitative estimate of drug-likeness (QED) is 0.640. The van der Waals surface area contributed by atoms with E-state index in [1.54, 1.807) is 6.07 Å². The Kier molecular flexibility index (Phi) is 4.89. The molecule has 114 valence electrons. The number of para-hydroxylation sites is 2. The summed E-state index contributed by atoms with van der Waals surface area (Å²) in [5, 5.41) is 13.3. The molecule has 2 aromatic rings. The molecule has 2 rings (SSSR count). The first-order valence-electron chi connectivity index (χ1n) is 6.15. The lowest BCUT2D eigenvalue weighted by Crippen LogP contribution is -2.20. The largest absolute Gasteiger partial charge is 0.315 e. The van der Waals surface area contributed by atoms with Crippen molar-refractivity contribution in [1.29, 1.82) is 0 Å². The van der Waals surface area contributed by atoms with Crippen LogP contribution in [0.25, 0.3) is 0 Å². The van der Waals surface area contributed by atoms with Crippen LogP contribution in [-0.4, -0.2) is 27.1 Å². The molecular weight excluding hydrogens is 308 g/mol. The maximum absolute atomic E-state index is 12.1. The first-order valence-corrected chi connectivity index (χ1v) is 7.54. The average molecular weight is 320 g/mol. The van der Waals surface area contributed by atoms with Gasteiger partial charge in [0, 0.05) is 12.1 Å². The van der Waals surface area contributed by atoms with Gasteiger partial charge in [0.25, 0.3) is 17.2 Å². The highest BCUT2D eigenvalue weighted by molar-refractivity contribution is 7.97. The summed E-state index contributed by atoms with van der Waals surface area (Å²) in [5.74, 6) is 0.137. The second kappa shape index (κ2) is 6.85. The van der Waals surface area contributed by atoms with Gasteiger partial charge in [-0.05, 0) is 12.3 Å². The lowest BCUT2D eigenvalue weighted by atomic mass is 10.2. The molecule has 1 aromatic carbocycles. The molecule has 0 unspecified atom stereocenters. The molecular formula is C13H12N4O4S. The molecule has 1 amide bonds. The number of thioether (sulfide) groups is 1. The van der Waals surface area contributed by atoms with E-state index in [1.165, 1.54) is 30.0 Å². The molecule has 22 heavy (non-hydrogen) atoms. The van der Waals surface area contributed by atoms with Gasteiger partial charge in [0.05, 0.1) is 10.7 Å². The van der Waals surface area contributed by atoms with Crippen LogP contribution >= 0.6 is 11.8 Å². The van der Waals surface area contributed by atoms with E-state index in [9.17, 15) is 19.7 Å². The predicted octanol–water partition coefficient (Wildman–Crippen LogP) is 1.79. The maximum atomic E-state index is 12.1. The number of rotatable bonds is 5. The highest BCUT2D eigenvalue weighted by Gasteiger charge is 2.17. The number of nitro groups is 1. The Bertz CT molecular complexity index is 775. The number of aromatic nitrogens is 2. The van der Waals surface area contributed by atoms with Crippen molar-refractivity contribution in [3.05, 3.63) is 62.3 Å². The molecule has 0 aliphatic rings. The molecule has 0 aliphatic carbocycles. The molecule has 0 radical (unpaired) electrons. The van der Waals surface area contributed by atoms with Gasteiger partial charge in [-0.2, -0.15) is 11.8 Å². The zero-order valence-electron chi connectivity index (χ0n) is 11.5. The number of hydrogen-bond acceptors (Lipinski definition) is 6. The molecule has 8 nitrogen and oxygen atoms in total. The molecule has 1 heterocycles. The second-order valence-electron chi connectivity index (χ2n) is 4.24. The summed E-state index contributed by atoms with van der Waals surface area (Å²) in [5.41, 5.74) is -0.728. The minimum absolute atomic E-state index is 0.0472. The molecule has 9 heteroatoms. The number of anilines is 1. The SMILES string of the molecule is CSCc1nc(C(=O)Nc2ccccc2[N+](=O)[O-])cc(=O)[nH]1. The van der Waals surface area contributed by atoms with E-state index in [0.29, 0.717) is 11.6 Å². The van der Waals surface area contributed by atoms with Crippen LogP contribution in [0.5, 0.6) is 0 Å². The lowest BCUT2D eigenvalue weighted by molar-refractivity contribution is -0.383. The molecule has 0 saturated carbocycles. The zero-order valence-corrected chi connectivity index (χ0v) is 12.3. The van der Waals surface area contributed by atoms with Gasteiger partial charge >= 0.3 is 0 Å². The van der Waals surface area contributed by atoms with Gasteiger partial charge in [-0.3, -0.25) is 19.7 Å². The average Bonchev–Trinajstić information content (AvgIpc) is 2.47. The van der Waals surface area contributed by atoms with Crippen molar-refractivity contribution in [2.24, 2.45) is 0 Å². The number of H-pyrrole nitrogens is 1. The minimum Gasteiger partial charge on any atom is -0.315 e. The molecule has 0 fully saturated rings. The summed E-state index contributed by atoms with van der Waals surface area (Å²) in [6, 6.07) is 6.79. The van der Waals surface area contributed by atoms with Crippen molar-refractivity contribution in [2.45, 2.75) is 5.75 Å². The normalized spacial score (nSPS) is 10.2. The first-order chi connectivity index (χ1) is 10.5. The highest BCUT2D eigenvalue weighted by atomic mass is 32.2. The van der Waals surface area contributed by atoms with Gasteiger partial charge < -0.3 is 10.3 Å². The number of nitro benzene ring substituents is 1. The van der Waals surface area contributed by atoms with Crippen LogP contribution in [0, 0.1) is 10.1 Å². The van der Waals surface area contributed by atoms with Crippen molar-refractivity contribution >= 4 is 29.0 Å². The van der Waals surface area contributed by atoms with Crippen LogP contribution in [0.1, 0.15) is 16.3 Å². The molecule has 0 aliphatic heterocycles. The minimum atomic E-state index is -0.678. The van der Waals surface area contributed by atoms with E-state index in [1.807, 2.05) is 6.26 Å². The molecule has 2 N–H and O–H groups in total. The van der Waals surface area contributed by atoms with Gasteiger partial charge in [0.15, 0.2) is 0 Å². The van der Waals surface area contributed by atoms with E-state index >= 15 is 0 Å². The van der Waals surface area contributed by atoms with E-state index in [4.69, 9.17) is 0 Å². The number of benzene rings is 1. The van der Waals surface area contributed by atoms with Crippen LogP contribution in [0.2, 0.25) is 0 Å². The maximum Gasteiger partial charge on any atom is 0.292 e. The van der Waals surface area contributed by atoms with E-state index in [-0.39, 0.29) is 17.1 Å². The Morgan fingerprint density at radius 3 is 2.86 bits per heavy atom. The van der Waals surface area contributed by atoms with Crippen LogP contribution in [0.3, 0.4) is 0 Å². The fourth-order valence-electron chi connectivity index (χ4n) is 1.75. The van der Waals surface area contributed by atoms with Gasteiger partial charge in [-0.25, -0.2) is 4.98 Å². The van der Waals surface area contributed by atoms with Crippen molar-refractivity contribution in [1.82, 2.24) is 9.97 Å². The summed E-state index contributed by atoms with van der Waals surface area (Å²) in [6.07, 6.45) is 1.83. The van der Waals surface area contributed by atoms with Gasteiger partial charge in [0.1, 0.15) is 17.2 Å². The molecule has 0 spiro atoms. The number of amides is 1. The van der Waals surface area contributed by atoms with Crippen molar-refractivity contribution in [3.8, 4) is 0 Å². The zero-order chi connectivity index (χ0) is 16.1. The van der Waals surface area contributed by atoms with E-state index < -0.39 is 16.4 Å². The highest BCUT2D eigenvalue weighted by Crippen LogP contribution is 2.23. The smallest absolute Gasteiger partial charge is 0.292 e. The molecule has 0 bridgehead atoms. The number of nitrogens with one attached hydrogen (secondary N) is 2. The van der Waals surface area contributed by atoms with Gasteiger partial charge in [-0.1, -0.05) is 12.1 Å². The summed E-state index contributed by atoms with van der Waals surface area (Å²) in [6.45, 7) is 0.